The van der Waals surface area contributed by atoms with Gasteiger partial charge in [-0.3, -0.25) is 19.9 Å². The van der Waals surface area contributed by atoms with E-state index in [-0.39, 0.29) is 54.2 Å². The average molecular weight is 446 g/mol. The number of hydrogen-bond acceptors (Lipinski definition) is 5. The number of nitrogens with one attached hydrogen (secondary N) is 3. The molecule has 0 aliphatic carbocycles. The van der Waals surface area contributed by atoms with Gasteiger partial charge >= 0.3 is 0 Å². The minimum Gasteiger partial charge on any atom is -0.350 e. The third-order valence-corrected chi connectivity index (χ3v) is 6.77. The Kier molecular flexibility index (Phi) is 6.45. The molecule has 1 aromatic carbocycles. The van der Waals surface area contributed by atoms with Gasteiger partial charge in [0.05, 0.1) is 19.0 Å². The summed E-state index contributed by atoms with van der Waals surface area (Å²) in [4.78, 5) is 31.9. The second-order valence-corrected chi connectivity index (χ2v) is 9.75. The summed E-state index contributed by atoms with van der Waals surface area (Å²) in [5, 5.41) is 14.8. The van der Waals surface area contributed by atoms with Crippen LogP contribution in [0.4, 0.5) is 4.39 Å². The minimum atomic E-state index is -0.457. The van der Waals surface area contributed by atoms with Crippen molar-refractivity contribution < 1.29 is 14.0 Å². The van der Waals surface area contributed by atoms with Crippen molar-refractivity contribution in [2.75, 3.05) is 0 Å². The summed E-state index contributed by atoms with van der Waals surface area (Å²) in [6, 6.07) is 5.70. The second-order valence-electron chi connectivity index (χ2n) is 8.46. The Morgan fingerprint density at radius 2 is 2.13 bits per heavy atom. The maximum Gasteiger partial charge on any atom is 0.271 e. The summed E-state index contributed by atoms with van der Waals surface area (Å²) in [6.45, 7) is 9.68. The summed E-state index contributed by atoms with van der Waals surface area (Å²) < 4.78 is 13.5. The fraction of sp³-hybridized carbons (Fsp3) is 0.455. The number of carbonyl (C=O) groups excluding carboxylic acids is 2. The number of hydrogen-bond donors (Lipinski definition) is 3. The molecule has 3 rings (SSSR count). The van der Waals surface area contributed by atoms with E-state index in [1.165, 1.54) is 28.4 Å². The lowest BCUT2D eigenvalue weighted by atomic mass is 9.83. The molecule has 3 N–H and O–H groups in total. The molecule has 1 fully saturated rings. The molecule has 31 heavy (non-hydrogen) atoms. The quantitative estimate of drug-likeness (QED) is 0.631. The van der Waals surface area contributed by atoms with E-state index in [1.807, 2.05) is 20.8 Å². The van der Waals surface area contributed by atoms with E-state index in [2.05, 4.69) is 15.6 Å². The monoisotopic (exact) mass is 445 g/mol. The molecule has 2 aromatic rings. The third-order valence-electron chi connectivity index (χ3n) is 5.81. The number of rotatable bonds is 6. The van der Waals surface area contributed by atoms with Crippen LogP contribution in [0.2, 0.25) is 0 Å². The zero-order chi connectivity index (χ0) is 22.9. The van der Waals surface area contributed by atoms with Gasteiger partial charge in [-0.05, 0) is 44.4 Å². The van der Waals surface area contributed by atoms with Gasteiger partial charge in [0.25, 0.3) is 5.91 Å². The Balaban J connectivity index is 1.70. The van der Waals surface area contributed by atoms with Crippen molar-refractivity contribution in [1.82, 2.24) is 20.5 Å². The van der Waals surface area contributed by atoms with E-state index in [4.69, 9.17) is 5.41 Å². The minimum absolute atomic E-state index is 0.0473. The lowest BCUT2D eigenvalue weighted by Crippen LogP contribution is -2.62. The van der Waals surface area contributed by atoms with Crippen LogP contribution in [-0.2, 0) is 11.3 Å². The molecule has 1 aliphatic rings. The van der Waals surface area contributed by atoms with Crippen LogP contribution in [0, 0.1) is 24.1 Å². The van der Waals surface area contributed by atoms with Crippen molar-refractivity contribution in [3.63, 3.8) is 0 Å². The lowest BCUT2D eigenvalue weighted by Gasteiger charge is -2.42. The summed E-state index contributed by atoms with van der Waals surface area (Å²) in [5.74, 6) is -0.621. The number of halogens is 1. The summed E-state index contributed by atoms with van der Waals surface area (Å²) in [5.41, 5.74) is 0.481. The Morgan fingerprint density at radius 3 is 2.74 bits per heavy atom. The van der Waals surface area contributed by atoms with Gasteiger partial charge < -0.3 is 10.6 Å². The molecule has 0 unspecified atom stereocenters. The van der Waals surface area contributed by atoms with Gasteiger partial charge in [0.15, 0.2) is 5.96 Å². The summed E-state index contributed by atoms with van der Waals surface area (Å²) >= 11 is 1.32. The number of amides is 2. The van der Waals surface area contributed by atoms with Crippen molar-refractivity contribution in [3.05, 3.63) is 51.2 Å². The topological polar surface area (TPSA) is 98.2 Å². The maximum absolute atomic E-state index is 13.5. The number of carbonyl (C=O) groups is 2. The zero-order valence-electron chi connectivity index (χ0n) is 18.4. The van der Waals surface area contributed by atoms with Gasteiger partial charge in [0.1, 0.15) is 16.5 Å². The zero-order valence-corrected chi connectivity index (χ0v) is 19.2. The van der Waals surface area contributed by atoms with E-state index in [0.29, 0.717) is 10.6 Å². The van der Waals surface area contributed by atoms with Gasteiger partial charge in [-0.25, -0.2) is 9.37 Å². The highest BCUT2D eigenvalue weighted by atomic mass is 32.1. The Labute approximate surface area is 185 Å². The molecule has 1 aromatic heterocycles. The number of benzene rings is 1. The van der Waals surface area contributed by atoms with Crippen LogP contribution < -0.4 is 10.6 Å². The molecule has 0 bridgehead atoms. The SMILES string of the molecule is Cc1sc(CN2C(=N)N[C@](C)(C(C)C)CC2=O)nc1C(=O)N[C@@H](C)c1cccc(F)c1. The van der Waals surface area contributed by atoms with Crippen LogP contribution in [0.25, 0.3) is 0 Å². The van der Waals surface area contributed by atoms with Gasteiger partial charge in [-0.1, -0.05) is 26.0 Å². The van der Waals surface area contributed by atoms with Crippen LogP contribution >= 0.6 is 11.3 Å². The first-order valence-corrected chi connectivity index (χ1v) is 11.0. The molecule has 2 atom stereocenters. The third kappa shape index (κ3) is 4.92. The molecule has 2 heterocycles. The molecule has 0 radical (unpaired) electrons. The van der Waals surface area contributed by atoms with Gasteiger partial charge in [0.2, 0.25) is 5.91 Å². The molecule has 0 saturated carbocycles. The summed E-state index contributed by atoms with van der Waals surface area (Å²) in [6.07, 6.45) is 0.288. The van der Waals surface area contributed by atoms with Gasteiger partial charge in [-0.2, -0.15) is 0 Å². The lowest BCUT2D eigenvalue weighted by molar-refractivity contribution is -0.131. The van der Waals surface area contributed by atoms with Gasteiger partial charge in [-0.15, -0.1) is 11.3 Å². The fourth-order valence-corrected chi connectivity index (χ4v) is 4.34. The molecule has 7 nitrogen and oxygen atoms in total. The van der Waals surface area contributed by atoms with E-state index < -0.39 is 5.54 Å². The smallest absolute Gasteiger partial charge is 0.271 e. The van der Waals surface area contributed by atoms with Crippen LogP contribution in [0.1, 0.15) is 66.1 Å². The predicted molar refractivity (Wildman–Crippen MR) is 118 cm³/mol. The first-order chi connectivity index (χ1) is 14.5. The van der Waals surface area contributed by atoms with Crippen LogP contribution in [0.5, 0.6) is 0 Å². The first kappa shape index (κ1) is 22.9. The van der Waals surface area contributed by atoms with E-state index in [1.54, 1.807) is 26.0 Å². The number of nitrogens with zero attached hydrogens (tertiary/aromatic N) is 2. The Hall–Kier alpha value is -2.81. The van der Waals surface area contributed by atoms with E-state index in [0.717, 1.165) is 4.88 Å². The largest absolute Gasteiger partial charge is 0.350 e. The molecular weight excluding hydrogens is 417 g/mol. The highest BCUT2D eigenvalue weighted by Gasteiger charge is 2.40. The van der Waals surface area contributed by atoms with Crippen LogP contribution in [0.3, 0.4) is 0 Å². The van der Waals surface area contributed by atoms with Crippen molar-refractivity contribution in [2.45, 2.75) is 59.2 Å². The van der Waals surface area contributed by atoms with Crippen LogP contribution in [-0.4, -0.2) is 33.2 Å². The van der Waals surface area contributed by atoms with Crippen LogP contribution in [0.15, 0.2) is 24.3 Å². The first-order valence-electron chi connectivity index (χ1n) is 10.2. The molecule has 0 spiro atoms. The number of guanidine groups is 1. The molecule has 2 amide bonds. The normalized spacial score (nSPS) is 20.0. The highest BCUT2D eigenvalue weighted by Crippen LogP contribution is 2.28. The fourth-order valence-electron chi connectivity index (χ4n) is 3.42. The number of thiazole rings is 1. The van der Waals surface area contributed by atoms with Gasteiger partial charge in [0, 0.05) is 10.4 Å². The Bertz CT molecular complexity index is 1000. The molecular formula is C22H28FN5O2S. The molecule has 1 saturated heterocycles. The second kappa shape index (κ2) is 8.74. The Morgan fingerprint density at radius 1 is 1.42 bits per heavy atom. The maximum atomic E-state index is 13.5. The standard InChI is InChI=1S/C22H28FN5O2S/c1-12(2)22(5)10-18(29)28(21(24)27-22)11-17-26-19(14(4)31-17)20(30)25-13(3)15-7-6-8-16(23)9-15/h6-9,12-13H,10-11H2,1-5H3,(H2,24,27)(H,25,30)/t13-,22-/m0/s1. The number of aryl methyl sites for hydroxylation is 1. The molecule has 166 valence electrons. The van der Waals surface area contributed by atoms with Crippen molar-refractivity contribution in [1.29, 1.82) is 5.41 Å². The predicted octanol–water partition coefficient (Wildman–Crippen LogP) is 3.75. The molecule has 9 heteroatoms. The van der Waals surface area contributed by atoms with Crippen molar-refractivity contribution >= 4 is 29.1 Å². The summed E-state index contributed by atoms with van der Waals surface area (Å²) in [7, 11) is 0. The van der Waals surface area contributed by atoms with E-state index >= 15 is 0 Å². The highest BCUT2D eigenvalue weighted by molar-refractivity contribution is 7.11. The average Bonchev–Trinajstić information content (AvgIpc) is 3.05. The van der Waals surface area contributed by atoms with Crippen molar-refractivity contribution in [2.24, 2.45) is 5.92 Å². The van der Waals surface area contributed by atoms with E-state index in [9.17, 15) is 14.0 Å². The number of aromatic nitrogens is 1. The molecule has 1 aliphatic heterocycles. The van der Waals surface area contributed by atoms with Crippen molar-refractivity contribution in [3.8, 4) is 0 Å².